The second-order valence-electron chi connectivity index (χ2n) is 5.49. The summed E-state index contributed by atoms with van der Waals surface area (Å²) in [4.78, 5) is 15.2. The molecule has 2 N–H and O–H groups in total. The average Bonchev–Trinajstić information content (AvgIpc) is 3.03. The quantitative estimate of drug-likeness (QED) is 0.735. The van der Waals surface area contributed by atoms with Crippen LogP contribution in [0.15, 0.2) is 54.7 Å². The Bertz CT molecular complexity index is 808. The Morgan fingerprint density at radius 1 is 1.17 bits per heavy atom. The molecule has 0 spiro atoms. The Kier molecular flexibility index (Phi) is 4.62. The van der Waals surface area contributed by atoms with Crippen LogP contribution in [0, 0.1) is 0 Å². The van der Waals surface area contributed by atoms with Gasteiger partial charge in [0.05, 0.1) is 13.5 Å². The van der Waals surface area contributed by atoms with Gasteiger partial charge in [-0.3, -0.25) is 4.79 Å². The number of fused-ring (bicyclic) bond motifs is 1. The first-order valence-corrected chi connectivity index (χ1v) is 7.71. The minimum atomic E-state index is 0.0332. The molecule has 0 aliphatic heterocycles. The Morgan fingerprint density at radius 3 is 2.91 bits per heavy atom. The summed E-state index contributed by atoms with van der Waals surface area (Å²) in [5, 5.41) is 4.13. The van der Waals surface area contributed by atoms with Crippen molar-refractivity contribution in [2.24, 2.45) is 0 Å². The lowest BCUT2D eigenvalue weighted by molar-refractivity contribution is -0.120. The number of aromatic amines is 1. The van der Waals surface area contributed by atoms with E-state index in [-0.39, 0.29) is 5.91 Å². The molecule has 0 aliphatic carbocycles. The molecule has 0 radical (unpaired) electrons. The standard InChI is InChI=1S/C19H20N2O2/c1-23-18-5-3-2-4-16(18)9-11-21-19(22)13-14-6-7-15-8-10-20-17(15)12-14/h2-8,10,12,20H,9,11,13H2,1H3,(H,21,22). The molecular weight excluding hydrogens is 288 g/mol. The third-order valence-electron chi connectivity index (χ3n) is 3.89. The van der Waals surface area contributed by atoms with Crippen LogP contribution in [-0.4, -0.2) is 24.5 Å². The van der Waals surface area contributed by atoms with Crippen molar-refractivity contribution in [1.29, 1.82) is 0 Å². The number of carbonyl (C=O) groups is 1. The highest BCUT2D eigenvalue weighted by Crippen LogP contribution is 2.17. The maximum Gasteiger partial charge on any atom is 0.224 e. The summed E-state index contributed by atoms with van der Waals surface area (Å²) in [6.07, 6.45) is 3.05. The molecule has 4 heteroatoms. The Balaban J connectivity index is 1.53. The van der Waals surface area contributed by atoms with E-state index in [9.17, 15) is 4.79 Å². The number of carbonyl (C=O) groups excluding carboxylic acids is 1. The Labute approximate surface area is 135 Å². The Morgan fingerprint density at radius 2 is 2.04 bits per heavy atom. The third-order valence-corrected chi connectivity index (χ3v) is 3.89. The molecule has 3 rings (SSSR count). The van der Waals surface area contributed by atoms with Gasteiger partial charge in [-0.1, -0.05) is 30.3 Å². The second kappa shape index (κ2) is 7.01. The van der Waals surface area contributed by atoms with Gasteiger partial charge < -0.3 is 15.0 Å². The van der Waals surface area contributed by atoms with E-state index < -0.39 is 0 Å². The topological polar surface area (TPSA) is 54.1 Å². The van der Waals surface area contributed by atoms with Crippen molar-refractivity contribution < 1.29 is 9.53 Å². The van der Waals surface area contributed by atoms with Crippen LogP contribution in [0.25, 0.3) is 10.9 Å². The smallest absolute Gasteiger partial charge is 0.224 e. The lowest BCUT2D eigenvalue weighted by Gasteiger charge is -2.09. The number of hydrogen-bond donors (Lipinski definition) is 2. The number of benzene rings is 2. The van der Waals surface area contributed by atoms with Gasteiger partial charge in [0, 0.05) is 18.3 Å². The first kappa shape index (κ1) is 15.2. The number of amides is 1. The van der Waals surface area contributed by atoms with Gasteiger partial charge in [0.2, 0.25) is 5.91 Å². The summed E-state index contributed by atoms with van der Waals surface area (Å²) in [5.41, 5.74) is 3.17. The van der Waals surface area contributed by atoms with E-state index in [1.54, 1.807) is 7.11 Å². The number of nitrogens with one attached hydrogen (secondary N) is 2. The van der Waals surface area contributed by atoms with E-state index in [0.717, 1.165) is 34.2 Å². The maximum atomic E-state index is 12.1. The van der Waals surface area contributed by atoms with E-state index in [1.807, 2.05) is 54.7 Å². The normalized spacial score (nSPS) is 10.7. The average molecular weight is 308 g/mol. The van der Waals surface area contributed by atoms with Gasteiger partial charge in [0.1, 0.15) is 5.75 Å². The van der Waals surface area contributed by atoms with Crippen molar-refractivity contribution >= 4 is 16.8 Å². The zero-order valence-corrected chi connectivity index (χ0v) is 13.1. The fourth-order valence-corrected chi connectivity index (χ4v) is 2.70. The molecule has 0 aliphatic rings. The predicted octanol–water partition coefficient (Wildman–Crippen LogP) is 3.08. The van der Waals surface area contributed by atoms with Crippen LogP contribution in [-0.2, 0) is 17.6 Å². The first-order chi connectivity index (χ1) is 11.3. The molecule has 0 saturated carbocycles. The summed E-state index contributed by atoms with van der Waals surface area (Å²) in [7, 11) is 1.66. The minimum absolute atomic E-state index is 0.0332. The van der Waals surface area contributed by atoms with Crippen molar-refractivity contribution in [3.05, 3.63) is 65.9 Å². The highest BCUT2D eigenvalue weighted by Gasteiger charge is 2.06. The molecule has 3 aromatic rings. The van der Waals surface area contributed by atoms with E-state index >= 15 is 0 Å². The van der Waals surface area contributed by atoms with Crippen molar-refractivity contribution in [3.8, 4) is 5.75 Å². The van der Waals surface area contributed by atoms with Crippen LogP contribution in [0.1, 0.15) is 11.1 Å². The third kappa shape index (κ3) is 3.72. The number of methoxy groups -OCH3 is 1. The van der Waals surface area contributed by atoms with Crippen LogP contribution in [0.5, 0.6) is 5.75 Å². The number of para-hydroxylation sites is 1. The van der Waals surface area contributed by atoms with E-state index in [1.165, 1.54) is 0 Å². The monoisotopic (exact) mass is 308 g/mol. The fraction of sp³-hybridized carbons (Fsp3) is 0.211. The number of hydrogen-bond acceptors (Lipinski definition) is 2. The summed E-state index contributed by atoms with van der Waals surface area (Å²) in [6, 6.07) is 15.9. The predicted molar refractivity (Wildman–Crippen MR) is 91.7 cm³/mol. The lowest BCUT2D eigenvalue weighted by atomic mass is 10.1. The van der Waals surface area contributed by atoms with Crippen LogP contribution >= 0.6 is 0 Å². The van der Waals surface area contributed by atoms with E-state index in [0.29, 0.717) is 13.0 Å². The molecule has 23 heavy (non-hydrogen) atoms. The lowest BCUT2D eigenvalue weighted by Crippen LogP contribution is -2.27. The molecule has 118 valence electrons. The molecule has 0 saturated heterocycles. The van der Waals surface area contributed by atoms with Crippen LogP contribution in [0.4, 0.5) is 0 Å². The van der Waals surface area contributed by atoms with Crippen LogP contribution in [0.3, 0.4) is 0 Å². The molecule has 1 aromatic heterocycles. The van der Waals surface area contributed by atoms with E-state index in [2.05, 4.69) is 10.3 Å². The molecule has 0 fully saturated rings. The SMILES string of the molecule is COc1ccccc1CCNC(=O)Cc1ccc2cc[nH]c2c1. The second-order valence-corrected chi connectivity index (χ2v) is 5.49. The highest BCUT2D eigenvalue weighted by atomic mass is 16.5. The largest absolute Gasteiger partial charge is 0.496 e. The number of H-pyrrole nitrogens is 1. The summed E-state index contributed by atoms with van der Waals surface area (Å²) < 4.78 is 5.32. The van der Waals surface area contributed by atoms with Crippen molar-refractivity contribution in [3.63, 3.8) is 0 Å². The molecule has 0 unspecified atom stereocenters. The summed E-state index contributed by atoms with van der Waals surface area (Å²) >= 11 is 0. The summed E-state index contributed by atoms with van der Waals surface area (Å²) in [6.45, 7) is 0.601. The van der Waals surface area contributed by atoms with Gasteiger partial charge in [-0.05, 0) is 41.1 Å². The summed E-state index contributed by atoms with van der Waals surface area (Å²) in [5.74, 6) is 0.893. The molecule has 4 nitrogen and oxygen atoms in total. The highest BCUT2D eigenvalue weighted by molar-refractivity contribution is 5.83. The molecule has 2 aromatic carbocycles. The first-order valence-electron chi connectivity index (χ1n) is 7.71. The zero-order valence-electron chi connectivity index (χ0n) is 13.1. The fourth-order valence-electron chi connectivity index (χ4n) is 2.70. The number of rotatable bonds is 6. The van der Waals surface area contributed by atoms with Crippen LogP contribution in [0.2, 0.25) is 0 Å². The molecule has 0 bridgehead atoms. The van der Waals surface area contributed by atoms with Gasteiger partial charge >= 0.3 is 0 Å². The van der Waals surface area contributed by atoms with Crippen LogP contribution < -0.4 is 10.1 Å². The zero-order chi connectivity index (χ0) is 16.1. The van der Waals surface area contributed by atoms with Gasteiger partial charge in [0.25, 0.3) is 0 Å². The Hall–Kier alpha value is -2.75. The van der Waals surface area contributed by atoms with E-state index in [4.69, 9.17) is 4.74 Å². The minimum Gasteiger partial charge on any atom is -0.496 e. The maximum absolute atomic E-state index is 12.1. The molecule has 0 atom stereocenters. The number of ether oxygens (including phenoxy) is 1. The van der Waals surface area contributed by atoms with Gasteiger partial charge in [-0.15, -0.1) is 0 Å². The van der Waals surface area contributed by atoms with Gasteiger partial charge in [0.15, 0.2) is 0 Å². The van der Waals surface area contributed by atoms with Crippen molar-refractivity contribution in [2.75, 3.05) is 13.7 Å². The van der Waals surface area contributed by atoms with Gasteiger partial charge in [-0.25, -0.2) is 0 Å². The molecule has 1 heterocycles. The molecule has 1 amide bonds. The molecular formula is C19H20N2O2. The van der Waals surface area contributed by atoms with Crippen molar-refractivity contribution in [2.45, 2.75) is 12.8 Å². The van der Waals surface area contributed by atoms with Gasteiger partial charge in [-0.2, -0.15) is 0 Å². The number of aromatic nitrogens is 1. The van der Waals surface area contributed by atoms with Crippen molar-refractivity contribution in [1.82, 2.24) is 10.3 Å².